The average Bonchev–Trinajstić information content (AvgIpc) is 2.66. The Morgan fingerprint density at radius 1 is 1.11 bits per heavy atom. The van der Waals surface area contributed by atoms with E-state index in [1.165, 1.54) is 0 Å². The van der Waals surface area contributed by atoms with Crippen molar-refractivity contribution in [2.45, 2.75) is 58.8 Å². The van der Waals surface area contributed by atoms with Crippen molar-refractivity contribution in [2.75, 3.05) is 0 Å². The molecule has 5 heteroatoms. The minimum Gasteiger partial charge on any atom is -0.399 e. The maximum Gasteiger partial charge on any atom is 0.497 e. The van der Waals surface area contributed by atoms with E-state index in [2.05, 4.69) is 74.4 Å². The lowest BCUT2D eigenvalue weighted by atomic mass is 9.81. The van der Waals surface area contributed by atoms with E-state index in [4.69, 9.17) is 9.31 Å². The third kappa shape index (κ3) is 2.28. The van der Waals surface area contributed by atoms with Crippen LogP contribution in [0, 0.1) is 0 Å². The molecule has 0 amide bonds. The summed E-state index contributed by atoms with van der Waals surface area (Å²) in [7, 11) is -0.302. The van der Waals surface area contributed by atoms with Gasteiger partial charge in [-0.15, -0.1) is 0 Å². The minimum atomic E-state index is -0.302. The molecule has 0 radical (unpaired) electrons. The first-order chi connectivity index (χ1) is 8.14. The molecule has 0 spiro atoms. The summed E-state index contributed by atoms with van der Waals surface area (Å²) in [6.45, 7) is 12.6. The summed E-state index contributed by atoms with van der Waals surface area (Å²) in [5.41, 5.74) is 0.469. The molecule has 0 aliphatic carbocycles. The second kappa shape index (κ2) is 4.39. The van der Waals surface area contributed by atoms with Crippen LogP contribution in [0.1, 0.15) is 47.6 Å². The van der Waals surface area contributed by atoms with Crippen molar-refractivity contribution < 1.29 is 9.31 Å². The maximum atomic E-state index is 6.06. The highest BCUT2D eigenvalue weighted by Crippen LogP contribution is 2.37. The number of hydrogen-bond acceptors (Lipinski definition) is 2. The SMILES string of the molecule is CC(C)n1cc(Br)c(B2OC(C)(C)C(C)(C)O2)c1. The first-order valence-electron chi connectivity index (χ1n) is 6.36. The Kier molecular flexibility index (Phi) is 3.45. The second-order valence-electron chi connectivity index (χ2n) is 6.19. The van der Waals surface area contributed by atoms with Gasteiger partial charge in [0.2, 0.25) is 0 Å². The van der Waals surface area contributed by atoms with Gasteiger partial charge in [0, 0.05) is 28.4 Å². The van der Waals surface area contributed by atoms with Gasteiger partial charge in [0.25, 0.3) is 0 Å². The van der Waals surface area contributed by atoms with Crippen LogP contribution in [0.5, 0.6) is 0 Å². The normalized spacial score (nSPS) is 21.9. The number of rotatable bonds is 2. The fraction of sp³-hybridized carbons (Fsp3) is 0.692. The zero-order valence-corrected chi connectivity index (χ0v) is 13.5. The Morgan fingerprint density at radius 2 is 1.61 bits per heavy atom. The van der Waals surface area contributed by atoms with Gasteiger partial charge in [0.05, 0.1) is 11.2 Å². The molecule has 2 rings (SSSR count). The third-order valence-electron chi connectivity index (χ3n) is 3.93. The highest BCUT2D eigenvalue weighted by molar-refractivity contribution is 9.10. The topological polar surface area (TPSA) is 23.4 Å². The van der Waals surface area contributed by atoms with E-state index in [-0.39, 0.29) is 18.3 Å². The Labute approximate surface area is 118 Å². The van der Waals surface area contributed by atoms with Crippen LogP contribution in [0.3, 0.4) is 0 Å². The van der Waals surface area contributed by atoms with E-state index in [1.54, 1.807) is 0 Å². The summed E-state index contributed by atoms with van der Waals surface area (Å²) in [5.74, 6) is 0. The summed E-state index contributed by atoms with van der Waals surface area (Å²) in [6, 6.07) is 0.428. The third-order valence-corrected chi connectivity index (χ3v) is 4.59. The molecule has 0 unspecified atom stereocenters. The molecular formula is C13H21BBrNO2. The molecular weight excluding hydrogens is 293 g/mol. The highest BCUT2D eigenvalue weighted by atomic mass is 79.9. The van der Waals surface area contributed by atoms with Gasteiger partial charge in [0.1, 0.15) is 0 Å². The van der Waals surface area contributed by atoms with Gasteiger partial charge >= 0.3 is 7.12 Å². The molecule has 0 N–H and O–H groups in total. The summed E-state index contributed by atoms with van der Waals surface area (Å²) in [4.78, 5) is 0. The van der Waals surface area contributed by atoms with Gasteiger partial charge in [-0.25, -0.2) is 0 Å². The van der Waals surface area contributed by atoms with Gasteiger partial charge in [-0.1, -0.05) is 0 Å². The van der Waals surface area contributed by atoms with Crippen molar-refractivity contribution in [1.82, 2.24) is 4.57 Å². The van der Waals surface area contributed by atoms with E-state index < -0.39 is 0 Å². The highest BCUT2D eigenvalue weighted by Gasteiger charge is 2.52. The van der Waals surface area contributed by atoms with Gasteiger partial charge in [0.15, 0.2) is 0 Å². The zero-order chi connectivity index (χ0) is 13.7. The van der Waals surface area contributed by atoms with Crippen molar-refractivity contribution in [3.05, 3.63) is 16.9 Å². The molecule has 1 aromatic rings. The first-order valence-corrected chi connectivity index (χ1v) is 7.16. The molecule has 1 aliphatic heterocycles. The summed E-state index contributed by atoms with van der Waals surface area (Å²) in [6.07, 6.45) is 4.17. The first kappa shape index (κ1) is 14.2. The summed E-state index contributed by atoms with van der Waals surface area (Å²) in [5, 5.41) is 0. The van der Waals surface area contributed by atoms with E-state index in [1.807, 2.05) is 0 Å². The Morgan fingerprint density at radius 3 is 2.00 bits per heavy atom. The van der Waals surface area contributed by atoms with E-state index >= 15 is 0 Å². The molecule has 0 atom stereocenters. The van der Waals surface area contributed by atoms with Gasteiger partial charge in [-0.2, -0.15) is 0 Å². The molecule has 0 bridgehead atoms. The van der Waals surface area contributed by atoms with Crippen LogP contribution in [-0.4, -0.2) is 22.9 Å². The van der Waals surface area contributed by atoms with Crippen LogP contribution < -0.4 is 5.46 Å². The standard InChI is InChI=1S/C13H21BBrNO2/c1-9(2)16-7-10(11(15)8-16)14-17-12(3,4)13(5,6)18-14/h7-9H,1-6H3. The van der Waals surface area contributed by atoms with Crippen LogP contribution in [0.15, 0.2) is 16.9 Å². The zero-order valence-electron chi connectivity index (χ0n) is 12.0. The van der Waals surface area contributed by atoms with Crippen LogP contribution in [0.2, 0.25) is 0 Å². The molecule has 1 saturated heterocycles. The molecule has 1 fully saturated rings. The van der Waals surface area contributed by atoms with Crippen LogP contribution in [0.4, 0.5) is 0 Å². The lowest BCUT2D eigenvalue weighted by molar-refractivity contribution is 0.00578. The van der Waals surface area contributed by atoms with Crippen LogP contribution >= 0.6 is 15.9 Å². The largest absolute Gasteiger partial charge is 0.497 e. The van der Waals surface area contributed by atoms with Crippen molar-refractivity contribution >= 4 is 28.5 Å². The minimum absolute atomic E-state index is 0.295. The molecule has 1 aliphatic rings. The monoisotopic (exact) mass is 313 g/mol. The lowest BCUT2D eigenvalue weighted by Crippen LogP contribution is -2.41. The second-order valence-corrected chi connectivity index (χ2v) is 7.05. The van der Waals surface area contributed by atoms with E-state index in [0.29, 0.717) is 6.04 Å². The number of halogens is 1. The van der Waals surface area contributed by atoms with Gasteiger partial charge < -0.3 is 13.9 Å². The van der Waals surface area contributed by atoms with Crippen molar-refractivity contribution in [1.29, 1.82) is 0 Å². The Bertz CT molecular complexity index is 438. The van der Waals surface area contributed by atoms with Crippen molar-refractivity contribution in [3.8, 4) is 0 Å². The maximum absolute atomic E-state index is 6.06. The number of hydrogen-bond donors (Lipinski definition) is 0. The lowest BCUT2D eigenvalue weighted by Gasteiger charge is -2.32. The van der Waals surface area contributed by atoms with Crippen LogP contribution in [-0.2, 0) is 9.31 Å². The average molecular weight is 314 g/mol. The number of aromatic nitrogens is 1. The van der Waals surface area contributed by atoms with Crippen molar-refractivity contribution in [3.63, 3.8) is 0 Å². The van der Waals surface area contributed by atoms with E-state index in [9.17, 15) is 0 Å². The van der Waals surface area contributed by atoms with Crippen LogP contribution in [0.25, 0.3) is 0 Å². The number of nitrogens with zero attached hydrogens (tertiary/aromatic N) is 1. The predicted molar refractivity (Wildman–Crippen MR) is 78.2 cm³/mol. The summed E-state index contributed by atoms with van der Waals surface area (Å²) < 4.78 is 15.3. The fourth-order valence-electron chi connectivity index (χ4n) is 1.91. The van der Waals surface area contributed by atoms with Crippen molar-refractivity contribution in [2.24, 2.45) is 0 Å². The molecule has 0 saturated carbocycles. The molecule has 2 heterocycles. The Balaban J connectivity index is 2.30. The fourth-order valence-corrected chi connectivity index (χ4v) is 2.43. The van der Waals surface area contributed by atoms with Gasteiger partial charge in [-0.3, -0.25) is 0 Å². The molecule has 1 aromatic heterocycles. The molecule has 3 nitrogen and oxygen atoms in total. The van der Waals surface area contributed by atoms with E-state index in [0.717, 1.165) is 9.94 Å². The molecule has 0 aromatic carbocycles. The summed E-state index contributed by atoms with van der Waals surface area (Å²) >= 11 is 3.59. The molecule has 100 valence electrons. The Hall–Kier alpha value is -0.255. The quantitative estimate of drug-likeness (QED) is 0.783. The van der Waals surface area contributed by atoms with Gasteiger partial charge in [-0.05, 0) is 57.5 Å². The predicted octanol–water partition coefficient (Wildman–Crippen LogP) is 3.13. The molecule has 18 heavy (non-hydrogen) atoms. The smallest absolute Gasteiger partial charge is 0.399 e.